The van der Waals surface area contributed by atoms with Crippen molar-refractivity contribution in [2.75, 3.05) is 13.1 Å². The highest BCUT2D eigenvalue weighted by molar-refractivity contribution is 6.56. The number of halogens is 4. The Morgan fingerprint density at radius 3 is 2.31 bits per heavy atom. The lowest BCUT2D eigenvalue weighted by atomic mass is 10.4. The van der Waals surface area contributed by atoms with E-state index in [0.29, 0.717) is 13.1 Å². The van der Waals surface area contributed by atoms with Gasteiger partial charge < -0.3 is 4.90 Å². The maximum absolute atomic E-state index is 11.2. The van der Waals surface area contributed by atoms with Gasteiger partial charge in [0.05, 0.1) is 0 Å². The lowest BCUT2D eigenvalue weighted by molar-refractivity contribution is -0.128. The summed E-state index contributed by atoms with van der Waals surface area (Å²) in [5.41, 5.74) is 0. The lowest BCUT2D eigenvalue weighted by Crippen LogP contribution is -2.34. The van der Waals surface area contributed by atoms with Crippen molar-refractivity contribution < 1.29 is 4.79 Å². The van der Waals surface area contributed by atoms with Crippen molar-refractivity contribution in [3.8, 4) is 0 Å². The summed E-state index contributed by atoms with van der Waals surface area (Å²) in [5.74, 6) is -0.350. The molecule has 0 rings (SSSR count). The van der Waals surface area contributed by atoms with E-state index in [1.54, 1.807) is 0 Å². The number of likely N-dealkylation sites (N-methyl/N-ethyl adjacent to an activating group) is 1. The Balaban J connectivity index is 4.19. The lowest BCUT2D eigenvalue weighted by Gasteiger charge is -2.19. The zero-order valence-electron chi connectivity index (χ0n) is 6.94. The number of hydrogen-bond acceptors (Lipinski definition) is 1. The van der Waals surface area contributed by atoms with Crippen LogP contribution in [0.3, 0.4) is 0 Å². The zero-order valence-corrected chi connectivity index (χ0v) is 9.96. The number of amides is 1. The van der Waals surface area contributed by atoms with E-state index in [2.05, 4.69) is 0 Å². The molecule has 0 heterocycles. The number of hydrogen-bond donors (Lipinski definition) is 0. The van der Waals surface area contributed by atoms with Gasteiger partial charge >= 0.3 is 0 Å². The van der Waals surface area contributed by atoms with Gasteiger partial charge in [-0.25, -0.2) is 0 Å². The van der Waals surface area contributed by atoms with Crippen LogP contribution in [0.4, 0.5) is 0 Å². The van der Waals surface area contributed by atoms with Gasteiger partial charge in [-0.15, -0.1) is 0 Å². The van der Waals surface area contributed by atoms with E-state index in [4.69, 9.17) is 46.4 Å². The molecule has 0 aliphatic carbocycles. The summed E-state index contributed by atoms with van der Waals surface area (Å²) < 4.78 is 0.118. The summed E-state index contributed by atoms with van der Waals surface area (Å²) in [5, 5.41) is 0. The van der Waals surface area contributed by atoms with Crippen molar-refractivity contribution in [1.29, 1.82) is 0 Å². The van der Waals surface area contributed by atoms with E-state index < -0.39 is 4.84 Å². The first-order chi connectivity index (χ1) is 5.99. The van der Waals surface area contributed by atoms with Gasteiger partial charge in [0.2, 0.25) is 0 Å². The molecule has 0 saturated heterocycles. The van der Waals surface area contributed by atoms with Crippen molar-refractivity contribution in [3.05, 3.63) is 10.6 Å². The minimum Gasteiger partial charge on any atom is -0.337 e. The van der Waals surface area contributed by atoms with Crippen molar-refractivity contribution in [2.45, 2.75) is 11.8 Å². The first kappa shape index (κ1) is 13.4. The van der Waals surface area contributed by atoms with Gasteiger partial charge in [0, 0.05) is 13.1 Å². The second kappa shape index (κ2) is 6.77. The van der Waals surface area contributed by atoms with E-state index in [9.17, 15) is 4.79 Å². The summed E-state index contributed by atoms with van der Waals surface area (Å²) in [7, 11) is 0. The highest BCUT2D eigenvalue weighted by atomic mass is 35.5. The first-order valence-corrected chi connectivity index (χ1v) is 5.20. The van der Waals surface area contributed by atoms with Crippen molar-refractivity contribution in [2.24, 2.45) is 0 Å². The van der Waals surface area contributed by atoms with Gasteiger partial charge in [-0.1, -0.05) is 46.4 Å². The molecule has 0 aromatic carbocycles. The third-order valence-corrected chi connectivity index (χ3v) is 2.03. The topological polar surface area (TPSA) is 20.3 Å². The van der Waals surface area contributed by atoms with Gasteiger partial charge in [0.25, 0.3) is 5.91 Å². The normalized spacial score (nSPS) is 10.0. The summed E-state index contributed by atoms with van der Waals surface area (Å²) in [6.07, 6.45) is 1.50. The molecule has 0 radical (unpaired) electrons. The van der Waals surface area contributed by atoms with Crippen LogP contribution in [0, 0.1) is 0 Å². The maximum atomic E-state index is 11.2. The van der Waals surface area contributed by atoms with E-state index in [0.717, 1.165) is 0 Å². The van der Waals surface area contributed by atoms with Crippen LogP contribution in [0.1, 0.15) is 6.92 Å². The highest BCUT2D eigenvalue weighted by Gasteiger charge is 2.17. The zero-order chi connectivity index (χ0) is 10.4. The monoisotopic (exact) mass is 263 g/mol. The molecular formula is C7H9Cl4NO. The molecule has 6 heteroatoms. The predicted molar refractivity (Wildman–Crippen MR) is 57.5 cm³/mol. The number of rotatable bonds is 4. The standard InChI is InChI=1S/C7H9Cl4NO/c1-2-12(4-3-5(8)9)7(13)6(10)11/h3,6H,2,4H2,1H3. The van der Waals surface area contributed by atoms with Crippen LogP contribution in [0.25, 0.3) is 0 Å². The van der Waals surface area contributed by atoms with Crippen molar-refractivity contribution >= 4 is 52.3 Å². The third kappa shape index (κ3) is 5.63. The smallest absolute Gasteiger partial charge is 0.256 e. The Kier molecular flexibility index (Phi) is 6.96. The number of carbonyl (C=O) groups is 1. The van der Waals surface area contributed by atoms with Gasteiger partial charge in [0.15, 0.2) is 4.84 Å². The summed E-state index contributed by atoms with van der Waals surface area (Å²) in [6.45, 7) is 2.63. The Hall–Kier alpha value is 0.370. The predicted octanol–water partition coefficient (Wildman–Crippen LogP) is 2.96. The van der Waals surface area contributed by atoms with Gasteiger partial charge in [-0.3, -0.25) is 4.79 Å². The quantitative estimate of drug-likeness (QED) is 0.715. The van der Waals surface area contributed by atoms with E-state index >= 15 is 0 Å². The van der Waals surface area contributed by atoms with Gasteiger partial charge in [0.1, 0.15) is 4.49 Å². The molecule has 2 nitrogen and oxygen atoms in total. The Morgan fingerprint density at radius 2 is 2.00 bits per heavy atom. The number of alkyl halides is 2. The number of nitrogens with zero attached hydrogens (tertiary/aromatic N) is 1. The third-order valence-electron chi connectivity index (χ3n) is 1.35. The maximum Gasteiger partial charge on any atom is 0.256 e. The molecule has 0 aliphatic rings. The molecule has 0 N–H and O–H groups in total. The molecule has 0 fully saturated rings. The minimum atomic E-state index is -1.04. The fourth-order valence-corrected chi connectivity index (χ4v) is 1.11. The minimum absolute atomic E-state index is 0.118. The molecule has 0 bridgehead atoms. The van der Waals surface area contributed by atoms with Crippen LogP contribution in [0.5, 0.6) is 0 Å². The molecule has 0 spiro atoms. The van der Waals surface area contributed by atoms with Crippen LogP contribution < -0.4 is 0 Å². The average molecular weight is 265 g/mol. The Bertz CT molecular complexity index is 201. The molecule has 1 amide bonds. The first-order valence-electron chi connectivity index (χ1n) is 3.57. The van der Waals surface area contributed by atoms with E-state index in [1.807, 2.05) is 6.92 Å². The molecular weight excluding hydrogens is 256 g/mol. The Labute approximate surface area is 97.4 Å². The highest BCUT2D eigenvalue weighted by Crippen LogP contribution is 2.10. The molecule has 0 atom stereocenters. The second-order valence-electron chi connectivity index (χ2n) is 2.17. The van der Waals surface area contributed by atoms with Crippen LogP contribution in [0.15, 0.2) is 10.6 Å². The summed E-state index contributed by atoms with van der Waals surface area (Å²) in [6, 6.07) is 0. The van der Waals surface area contributed by atoms with Crippen molar-refractivity contribution in [1.82, 2.24) is 4.90 Å². The SMILES string of the molecule is CCN(CC=C(Cl)Cl)C(=O)C(Cl)Cl. The molecule has 13 heavy (non-hydrogen) atoms. The second-order valence-corrected chi connectivity index (χ2v) is 4.28. The summed E-state index contributed by atoms with van der Waals surface area (Å²) in [4.78, 5) is 11.6. The van der Waals surface area contributed by atoms with Crippen LogP contribution in [0.2, 0.25) is 0 Å². The van der Waals surface area contributed by atoms with Gasteiger partial charge in [-0.05, 0) is 13.0 Å². The van der Waals surface area contributed by atoms with Crippen molar-refractivity contribution in [3.63, 3.8) is 0 Å². The fraction of sp³-hybridized carbons (Fsp3) is 0.571. The molecule has 0 saturated carbocycles. The van der Waals surface area contributed by atoms with Crippen LogP contribution in [-0.2, 0) is 4.79 Å². The largest absolute Gasteiger partial charge is 0.337 e. The van der Waals surface area contributed by atoms with Crippen LogP contribution >= 0.6 is 46.4 Å². The van der Waals surface area contributed by atoms with E-state index in [1.165, 1.54) is 11.0 Å². The van der Waals surface area contributed by atoms with Crippen LogP contribution in [-0.4, -0.2) is 28.7 Å². The molecule has 0 aromatic heterocycles. The molecule has 0 aliphatic heterocycles. The molecule has 0 unspecified atom stereocenters. The number of carbonyl (C=O) groups excluding carboxylic acids is 1. The van der Waals surface area contributed by atoms with Gasteiger partial charge in [-0.2, -0.15) is 0 Å². The fourth-order valence-electron chi connectivity index (χ4n) is 0.692. The van der Waals surface area contributed by atoms with E-state index in [-0.39, 0.29) is 10.4 Å². The molecule has 0 aromatic rings. The average Bonchev–Trinajstić information content (AvgIpc) is 2.04. The molecule has 76 valence electrons. The Morgan fingerprint density at radius 1 is 1.46 bits per heavy atom. The summed E-state index contributed by atoms with van der Waals surface area (Å²) >= 11 is 21.6.